The molecule has 0 saturated heterocycles. The van der Waals surface area contributed by atoms with Gasteiger partial charge in [-0.3, -0.25) is 4.79 Å². The average Bonchev–Trinajstić information content (AvgIpc) is 3.19. The molecule has 0 fully saturated rings. The Bertz CT molecular complexity index is 1030. The fourth-order valence-electron chi connectivity index (χ4n) is 2.80. The number of thiazole rings is 1. The van der Waals surface area contributed by atoms with Crippen molar-refractivity contribution in [2.75, 3.05) is 0 Å². The lowest BCUT2D eigenvalue weighted by Gasteiger charge is -2.20. The minimum atomic E-state index is -0.896. The monoisotopic (exact) mass is 426 g/mol. The van der Waals surface area contributed by atoms with Gasteiger partial charge in [0.2, 0.25) is 0 Å². The van der Waals surface area contributed by atoms with Gasteiger partial charge in [0.15, 0.2) is 0 Å². The molecule has 0 aliphatic carbocycles. The maximum absolute atomic E-state index is 13.8. The number of nitrogens with zero attached hydrogens (tertiary/aromatic N) is 1. The van der Waals surface area contributed by atoms with Gasteiger partial charge in [-0.25, -0.2) is 14.2 Å². The number of hydrogen-bond acceptors (Lipinski definition) is 5. The average molecular weight is 427 g/mol. The summed E-state index contributed by atoms with van der Waals surface area (Å²) in [6.45, 7) is 5.59. The minimum absolute atomic E-state index is 0.0000166. The lowest BCUT2D eigenvalue weighted by molar-refractivity contribution is -0.148. The van der Waals surface area contributed by atoms with Crippen molar-refractivity contribution in [3.63, 3.8) is 0 Å². The molecule has 1 aromatic heterocycles. The normalized spacial score (nSPS) is 11.9. The van der Waals surface area contributed by atoms with Gasteiger partial charge in [0.25, 0.3) is 5.91 Å². The summed E-state index contributed by atoms with van der Waals surface area (Å²) in [7, 11) is 0. The molecule has 156 valence electrons. The number of rotatable bonds is 7. The van der Waals surface area contributed by atoms with Gasteiger partial charge in [0.05, 0.1) is 11.3 Å². The summed E-state index contributed by atoms with van der Waals surface area (Å²) in [6, 6.07) is 12.8. The second-order valence-corrected chi connectivity index (χ2v) is 8.15. The van der Waals surface area contributed by atoms with Crippen molar-refractivity contribution >= 4 is 23.2 Å². The smallest absolute Gasteiger partial charge is 0.329 e. The van der Waals surface area contributed by atoms with Crippen LogP contribution >= 0.6 is 11.3 Å². The van der Waals surface area contributed by atoms with Crippen LogP contribution in [0.4, 0.5) is 4.39 Å². The van der Waals surface area contributed by atoms with Crippen LogP contribution in [0.5, 0.6) is 0 Å². The number of esters is 1. The molecule has 0 radical (unpaired) electrons. The third-order valence-corrected chi connectivity index (χ3v) is 5.48. The maximum Gasteiger partial charge on any atom is 0.329 e. The van der Waals surface area contributed by atoms with E-state index >= 15 is 0 Å². The van der Waals surface area contributed by atoms with Crippen molar-refractivity contribution in [1.29, 1.82) is 0 Å². The summed E-state index contributed by atoms with van der Waals surface area (Å²) >= 11 is 1.47. The van der Waals surface area contributed by atoms with Gasteiger partial charge in [-0.2, -0.15) is 0 Å². The van der Waals surface area contributed by atoms with Crippen LogP contribution in [0.2, 0.25) is 0 Å². The Labute approximate surface area is 178 Å². The zero-order valence-electron chi connectivity index (χ0n) is 17.0. The van der Waals surface area contributed by atoms with Crippen molar-refractivity contribution in [1.82, 2.24) is 10.3 Å². The molecule has 7 heteroatoms. The fourth-order valence-corrected chi connectivity index (χ4v) is 3.61. The molecular weight excluding hydrogens is 403 g/mol. The van der Waals surface area contributed by atoms with Crippen LogP contribution < -0.4 is 5.32 Å². The van der Waals surface area contributed by atoms with E-state index < -0.39 is 23.7 Å². The van der Waals surface area contributed by atoms with Crippen LogP contribution in [-0.4, -0.2) is 22.9 Å². The first kappa shape index (κ1) is 21.6. The lowest BCUT2D eigenvalue weighted by atomic mass is 10.0. The van der Waals surface area contributed by atoms with E-state index in [0.717, 1.165) is 10.6 Å². The quantitative estimate of drug-likeness (QED) is 0.554. The number of amides is 1. The molecule has 0 saturated carbocycles. The van der Waals surface area contributed by atoms with Crippen LogP contribution in [0.3, 0.4) is 0 Å². The van der Waals surface area contributed by atoms with Crippen LogP contribution in [0, 0.1) is 18.7 Å². The highest BCUT2D eigenvalue weighted by Crippen LogP contribution is 2.24. The van der Waals surface area contributed by atoms with E-state index in [1.165, 1.54) is 35.1 Å². The lowest BCUT2D eigenvalue weighted by Crippen LogP contribution is -2.45. The Morgan fingerprint density at radius 1 is 1.13 bits per heavy atom. The number of carbonyl (C=O) groups excluding carboxylic acids is 2. The van der Waals surface area contributed by atoms with Crippen molar-refractivity contribution in [2.45, 2.75) is 33.4 Å². The largest absolute Gasteiger partial charge is 0.458 e. The zero-order valence-corrected chi connectivity index (χ0v) is 17.8. The topological polar surface area (TPSA) is 68.3 Å². The minimum Gasteiger partial charge on any atom is -0.458 e. The number of aryl methyl sites for hydroxylation is 1. The molecule has 3 rings (SSSR count). The standard InChI is InChI=1S/C23H23FN2O3S/c1-14(2)20(26-21(27)18-6-4-5-7-19(18)24)23(28)29-12-17-13-30-22(25-17)16-10-8-15(3)9-11-16/h4-11,13-14,20H,12H2,1-3H3,(H,26,27). The summed E-state index contributed by atoms with van der Waals surface area (Å²) < 4.78 is 19.2. The molecule has 3 aromatic rings. The fraction of sp³-hybridized carbons (Fsp3) is 0.261. The van der Waals surface area contributed by atoms with E-state index in [-0.39, 0.29) is 18.1 Å². The summed E-state index contributed by atoms with van der Waals surface area (Å²) in [5, 5.41) is 5.25. The predicted octanol–water partition coefficient (Wildman–Crippen LogP) is 4.76. The highest BCUT2D eigenvalue weighted by Gasteiger charge is 2.27. The number of ether oxygens (including phenoxy) is 1. The van der Waals surface area contributed by atoms with Gasteiger partial charge in [-0.1, -0.05) is 55.8 Å². The molecule has 1 N–H and O–H groups in total. The van der Waals surface area contributed by atoms with E-state index in [1.54, 1.807) is 19.9 Å². The van der Waals surface area contributed by atoms with Gasteiger partial charge in [-0.05, 0) is 25.0 Å². The first-order chi connectivity index (χ1) is 14.3. The molecule has 0 aliphatic heterocycles. The molecule has 5 nitrogen and oxygen atoms in total. The summed E-state index contributed by atoms with van der Waals surface area (Å²) in [5.74, 6) is -2.11. The second-order valence-electron chi connectivity index (χ2n) is 7.29. The van der Waals surface area contributed by atoms with Crippen molar-refractivity contribution in [3.05, 3.63) is 76.5 Å². The summed E-state index contributed by atoms with van der Waals surface area (Å²) in [5.41, 5.74) is 2.69. The van der Waals surface area contributed by atoms with Crippen LogP contribution in [-0.2, 0) is 16.1 Å². The third kappa shape index (κ3) is 5.30. The van der Waals surface area contributed by atoms with E-state index in [1.807, 2.05) is 36.6 Å². The molecular formula is C23H23FN2O3S. The maximum atomic E-state index is 13.8. The molecule has 1 heterocycles. The number of aromatic nitrogens is 1. The number of hydrogen-bond donors (Lipinski definition) is 1. The highest BCUT2D eigenvalue weighted by atomic mass is 32.1. The van der Waals surface area contributed by atoms with Crippen molar-refractivity contribution < 1.29 is 18.7 Å². The molecule has 0 spiro atoms. The van der Waals surface area contributed by atoms with Gasteiger partial charge < -0.3 is 10.1 Å². The SMILES string of the molecule is Cc1ccc(-c2nc(COC(=O)C(NC(=O)c3ccccc3F)C(C)C)cs2)cc1. The van der Waals surface area contributed by atoms with Crippen LogP contribution in [0.25, 0.3) is 10.6 Å². The molecule has 0 bridgehead atoms. The molecule has 1 amide bonds. The van der Waals surface area contributed by atoms with Gasteiger partial charge in [0.1, 0.15) is 23.5 Å². The summed E-state index contributed by atoms with van der Waals surface area (Å²) in [6.07, 6.45) is 0. The number of carbonyl (C=O) groups is 2. The first-order valence-electron chi connectivity index (χ1n) is 9.58. The van der Waals surface area contributed by atoms with E-state index in [4.69, 9.17) is 4.74 Å². The number of halogens is 1. The second kappa shape index (κ2) is 9.63. The molecule has 0 aliphatic rings. The molecule has 2 aromatic carbocycles. The molecule has 1 atom stereocenters. The van der Waals surface area contributed by atoms with Crippen LogP contribution in [0.1, 0.15) is 35.5 Å². The number of benzene rings is 2. The van der Waals surface area contributed by atoms with Gasteiger partial charge in [-0.15, -0.1) is 11.3 Å². The predicted molar refractivity (Wildman–Crippen MR) is 115 cm³/mol. The zero-order chi connectivity index (χ0) is 21.7. The molecule has 30 heavy (non-hydrogen) atoms. The Kier molecular flexibility index (Phi) is 6.95. The van der Waals surface area contributed by atoms with E-state index in [0.29, 0.717) is 5.69 Å². The van der Waals surface area contributed by atoms with Gasteiger partial charge >= 0.3 is 5.97 Å². The van der Waals surface area contributed by atoms with Crippen LogP contribution in [0.15, 0.2) is 53.9 Å². The summed E-state index contributed by atoms with van der Waals surface area (Å²) in [4.78, 5) is 29.5. The van der Waals surface area contributed by atoms with Crippen molar-refractivity contribution in [3.8, 4) is 10.6 Å². The Morgan fingerprint density at radius 3 is 2.50 bits per heavy atom. The van der Waals surface area contributed by atoms with E-state index in [2.05, 4.69) is 10.3 Å². The Hall–Kier alpha value is -3.06. The first-order valence-corrected chi connectivity index (χ1v) is 10.5. The van der Waals surface area contributed by atoms with Crippen molar-refractivity contribution in [2.24, 2.45) is 5.92 Å². The Balaban J connectivity index is 1.62. The highest BCUT2D eigenvalue weighted by molar-refractivity contribution is 7.13. The third-order valence-electron chi connectivity index (χ3n) is 4.54. The van der Waals surface area contributed by atoms with E-state index in [9.17, 15) is 14.0 Å². The number of nitrogens with one attached hydrogen (secondary N) is 1. The Morgan fingerprint density at radius 2 is 1.83 bits per heavy atom. The van der Waals surface area contributed by atoms with Gasteiger partial charge in [0, 0.05) is 10.9 Å². The molecule has 1 unspecified atom stereocenters.